The summed E-state index contributed by atoms with van der Waals surface area (Å²) in [6.45, 7) is 3.47. The largest absolute Gasteiger partial charge is 0.435 e. The molecule has 1 aliphatic rings. The van der Waals surface area contributed by atoms with E-state index in [0.717, 1.165) is 25.1 Å². The summed E-state index contributed by atoms with van der Waals surface area (Å²) in [4.78, 5) is 2.39. The lowest BCUT2D eigenvalue weighted by molar-refractivity contribution is -0.0498. The molecule has 0 bridgehead atoms. The molecule has 5 heteroatoms. The van der Waals surface area contributed by atoms with Gasteiger partial charge in [0.25, 0.3) is 0 Å². The van der Waals surface area contributed by atoms with Crippen LogP contribution in [-0.4, -0.2) is 30.6 Å². The highest BCUT2D eigenvalue weighted by molar-refractivity contribution is 5.29. The van der Waals surface area contributed by atoms with Crippen molar-refractivity contribution in [3.63, 3.8) is 0 Å². The average molecular weight is 284 g/mol. The third-order valence-corrected chi connectivity index (χ3v) is 4.14. The van der Waals surface area contributed by atoms with Crippen molar-refractivity contribution in [2.75, 3.05) is 13.1 Å². The number of nitrogens with zero attached hydrogens (tertiary/aromatic N) is 1. The van der Waals surface area contributed by atoms with Gasteiger partial charge in [-0.25, -0.2) is 0 Å². The summed E-state index contributed by atoms with van der Waals surface area (Å²) in [6.07, 6.45) is 0.998. The van der Waals surface area contributed by atoms with Crippen molar-refractivity contribution in [3.8, 4) is 5.75 Å². The zero-order valence-electron chi connectivity index (χ0n) is 11.9. The number of nitrogens with two attached hydrogens (primary N) is 1. The predicted octanol–water partition coefficient (Wildman–Crippen LogP) is 3.02. The molecule has 0 amide bonds. The van der Waals surface area contributed by atoms with Gasteiger partial charge in [0.15, 0.2) is 0 Å². The van der Waals surface area contributed by atoms with Gasteiger partial charge in [-0.1, -0.05) is 19.1 Å². The first kappa shape index (κ1) is 15.2. The molecule has 1 aliphatic heterocycles. The molecule has 0 spiro atoms. The van der Waals surface area contributed by atoms with E-state index >= 15 is 0 Å². The fourth-order valence-corrected chi connectivity index (χ4v) is 2.69. The van der Waals surface area contributed by atoms with Crippen molar-refractivity contribution in [2.24, 2.45) is 11.7 Å². The van der Waals surface area contributed by atoms with Gasteiger partial charge in [0.05, 0.1) is 0 Å². The van der Waals surface area contributed by atoms with Crippen molar-refractivity contribution in [3.05, 3.63) is 29.8 Å². The van der Waals surface area contributed by atoms with Crippen LogP contribution in [0.2, 0.25) is 0 Å². The fourth-order valence-electron chi connectivity index (χ4n) is 2.69. The topological polar surface area (TPSA) is 38.5 Å². The minimum absolute atomic E-state index is 0.199. The van der Waals surface area contributed by atoms with E-state index in [9.17, 15) is 8.78 Å². The van der Waals surface area contributed by atoms with Gasteiger partial charge in [-0.3, -0.25) is 4.90 Å². The van der Waals surface area contributed by atoms with Crippen LogP contribution in [0.4, 0.5) is 8.78 Å². The van der Waals surface area contributed by atoms with E-state index in [-0.39, 0.29) is 17.8 Å². The maximum atomic E-state index is 12.1. The van der Waals surface area contributed by atoms with E-state index in [1.54, 1.807) is 12.1 Å². The van der Waals surface area contributed by atoms with Crippen LogP contribution in [0.25, 0.3) is 0 Å². The van der Waals surface area contributed by atoms with Crippen molar-refractivity contribution in [2.45, 2.75) is 39.0 Å². The zero-order valence-corrected chi connectivity index (χ0v) is 11.9. The monoisotopic (exact) mass is 284 g/mol. The molecule has 0 radical (unpaired) electrons. The Morgan fingerprint density at radius 2 is 1.95 bits per heavy atom. The van der Waals surface area contributed by atoms with Gasteiger partial charge in [0.1, 0.15) is 5.75 Å². The number of ether oxygens (including phenoxy) is 1. The Kier molecular flexibility index (Phi) is 4.94. The highest BCUT2D eigenvalue weighted by atomic mass is 19.3. The summed E-state index contributed by atoms with van der Waals surface area (Å²) in [6, 6.07) is 7.42. The van der Waals surface area contributed by atoms with Crippen LogP contribution >= 0.6 is 0 Å². The van der Waals surface area contributed by atoms with Crippen LogP contribution in [0.15, 0.2) is 24.3 Å². The number of benzene rings is 1. The maximum absolute atomic E-state index is 12.1. The molecule has 1 aromatic rings. The fraction of sp³-hybridized carbons (Fsp3) is 0.600. The molecule has 112 valence electrons. The van der Waals surface area contributed by atoms with Crippen LogP contribution in [0.5, 0.6) is 5.75 Å². The lowest BCUT2D eigenvalue weighted by Crippen LogP contribution is -2.46. The molecule has 3 nitrogen and oxygen atoms in total. The maximum Gasteiger partial charge on any atom is 0.387 e. The van der Waals surface area contributed by atoms with Crippen LogP contribution in [-0.2, 0) is 0 Å². The molecule has 20 heavy (non-hydrogen) atoms. The van der Waals surface area contributed by atoms with Crippen molar-refractivity contribution in [1.29, 1.82) is 0 Å². The molecule has 0 saturated carbocycles. The van der Waals surface area contributed by atoms with Crippen molar-refractivity contribution in [1.82, 2.24) is 4.90 Å². The third kappa shape index (κ3) is 3.67. The molecular weight excluding hydrogens is 262 g/mol. The molecule has 3 atom stereocenters. The second kappa shape index (κ2) is 6.50. The predicted molar refractivity (Wildman–Crippen MR) is 74.8 cm³/mol. The molecule has 1 heterocycles. The Labute approximate surface area is 118 Å². The SMILES string of the molecule is CC1CN(C(C)c2ccc(OC(F)F)cc2)CCC1N. The van der Waals surface area contributed by atoms with Crippen molar-refractivity contribution < 1.29 is 13.5 Å². The smallest absolute Gasteiger partial charge is 0.387 e. The van der Waals surface area contributed by atoms with E-state index < -0.39 is 6.61 Å². The van der Waals surface area contributed by atoms with Crippen LogP contribution in [0.3, 0.4) is 0 Å². The highest BCUT2D eigenvalue weighted by Crippen LogP contribution is 2.27. The van der Waals surface area contributed by atoms with Crippen LogP contribution < -0.4 is 10.5 Å². The summed E-state index contributed by atoms with van der Waals surface area (Å²) in [7, 11) is 0. The highest BCUT2D eigenvalue weighted by Gasteiger charge is 2.26. The van der Waals surface area contributed by atoms with Gasteiger partial charge < -0.3 is 10.5 Å². The second-order valence-electron chi connectivity index (χ2n) is 5.55. The van der Waals surface area contributed by atoms with Gasteiger partial charge >= 0.3 is 6.61 Å². The Balaban J connectivity index is 2.00. The van der Waals surface area contributed by atoms with E-state index in [2.05, 4.69) is 23.5 Å². The summed E-state index contributed by atoms with van der Waals surface area (Å²) in [5, 5.41) is 0. The van der Waals surface area contributed by atoms with Gasteiger partial charge in [-0.05, 0) is 37.0 Å². The Bertz CT molecular complexity index is 424. The molecule has 3 unspecified atom stereocenters. The molecular formula is C15H22F2N2O. The van der Waals surface area contributed by atoms with Gasteiger partial charge in [-0.2, -0.15) is 8.78 Å². The second-order valence-corrected chi connectivity index (χ2v) is 5.55. The average Bonchev–Trinajstić information content (AvgIpc) is 2.41. The number of piperidine rings is 1. The van der Waals surface area contributed by atoms with E-state index in [1.807, 2.05) is 12.1 Å². The van der Waals surface area contributed by atoms with Gasteiger partial charge in [0, 0.05) is 25.2 Å². The number of likely N-dealkylation sites (tertiary alicyclic amines) is 1. The minimum Gasteiger partial charge on any atom is -0.435 e. The van der Waals surface area contributed by atoms with E-state index in [1.165, 1.54) is 0 Å². The van der Waals surface area contributed by atoms with E-state index in [0.29, 0.717) is 5.92 Å². The summed E-state index contributed by atoms with van der Waals surface area (Å²) < 4.78 is 28.6. The standard InChI is InChI=1S/C15H22F2N2O/c1-10-9-19(8-7-14(10)18)11(2)12-3-5-13(6-4-12)20-15(16)17/h3-6,10-11,14-15H,7-9,18H2,1-2H3. The van der Waals surface area contributed by atoms with E-state index in [4.69, 9.17) is 5.73 Å². The Hall–Kier alpha value is -1.20. The first-order chi connectivity index (χ1) is 9.47. The Morgan fingerprint density at radius 3 is 2.50 bits per heavy atom. The molecule has 0 aromatic heterocycles. The number of hydrogen-bond donors (Lipinski definition) is 1. The minimum atomic E-state index is -2.78. The molecule has 0 aliphatic carbocycles. The van der Waals surface area contributed by atoms with Crippen molar-refractivity contribution >= 4 is 0 Å². The van der Waals surface area contributed by atoms with Crippen LogP contribution in [0, 0.1) is 5.92 Å². The summed E-state index contributed by atoms with van der Waals surface area (Å²) in [5.74, 6) is 0.678. The molecule has 2 rings (SSSR count). The molecule has 1 fully saturated rings. The quantitative estimate of drug-likeness (QED) is 0.923. The zero-order chi connectivity index (χ0) is 14.7. The first-order valence-corrected chi connectivity index (χ1v) is 7.01. The Morgan fingerprint density at radius 1 is 1.30 bits per heavy atom. The number of alkyl halides is 2. The molecule has 1 saturated heterocycles. The number of rotatable bonds is 4. The van der Waals surface area contributed by atoms with Gasteiger partial charge in [-0.15, -0.1) is 0 Å². The van der Waals surface area contributed by atoms with Crippen LogP contribution in [0.1, 0.15) is 31.9 Å². The number of hydrogen-bond acceptors (Lipinski definition) is 3. The number of halogens is 2. The lowest BCUT2D eigenvalue weighted by Gasteiger charge is -2.38. The summed E-state index contributed by atoms with van der Waals surface area (Å²) >= 11 is 0. The molecule has 1 aromatic carbocycles. The molecule has 2 N–H and O–H groups in total. The lowest BCUT2D eigenvalue weighted by atomic mass is 9.92. The normalized spacial score (nSPS) is 25.7. The summed E-state index contributed by atoms with van der Waals surface area (Å²) in [5.41, 5.74) is 7.14. The third-order valence-electron chi connectivity index (χ3n) is 4.14. The van der Waals surface area contributed by atoms with Gasteiger partial charge in [0.2, 0.25) is 0 Å². The first-order valence-electron chi connectivity index (χ1n) is 7.01.